The van der Waals surface area contributed by atoms with E-state index in [-0.39, 0.29) is 18.1 Å². The molecule has 6 nitrogen and oxygen atoms in total. The lowest BCUT2D eigenvalue weighted by atomic mass is 10.1. The van der Waals surface area contributed by atoms with Gasteiger partial charge in [-0.25, -0.2) is 13.2 Å². The van der Waals surface area contributed by atoms with Gasteiger partial charge >= 0.3 is 6.09 Å². The molecule has 1 amide bonds. The molecule has 7 heteroatoms. The molecule has 1 N–H and O–H groups in total. The van der Waals surface area contributed by atoms with E-state index in [0.29, 0.717) is 11.1 Å². The van der Waals surface area contributed by atoms with Gasteiger partial charge in [0.1, 0.15) is 5.60 Å². The summed E-state index contributed by atoms with van der Waals surface area (Å²) in [5.41, 5.74) is 0.391. The van der Waals surface area contributed by atoms with Crippen LogP contribution in [0.2, 0.25) is 0 Å². The third kappa shape index (κ3) is 7.35. The number of alkyl carbamates (subject to hydrolysis) is 1. The van der Waals surface area contributed by atoms with Crippen LogP contribution < -0.4 is 5.32 Å². The maximum Gasteiger partial charge on any atom is 0.407 e. The van der Waals surface area contributed by atoms with Crippen molar-refractivity contribution in [2.75, 3.05) is 5.75 Å². The van der Waals surface area contributed by atoms with E-state index in [1.54, 1.807) is 51.1 Å². The summed E-state index contributed by atoms with van der Waals surface area (Å²) in [6.07, 6.45) is 1.16. The zero-order valence-electron chi connectivity index (χ0n) is 17.2. The Morgan fingerprint density at radius 3 is 2.29 bits per heavy atom. The molecule has 0 aliphatic carbocycles. The molecular formula is C21H30N2O4S. The summed E-state index contributed by atoms with van der Waals surface area (Å²) >= 11 is 0. The summed E-state index contributed by atoms with van der Waals surface area (Å²) < 4.78 is 31.6. The monoisotopic (exact) mass is 406 g/mol. The Kier molecular flexibility index (Phi) is 8.25. The van der Waals surface area contributed by atoms with E-state index < -0.39 is 32.8 Å². The van der Waals surface area contributed by atoms with E-state index in [2.05, 4.69) is 11.9 Å². The topological polar surface area (TPSA) is 96.3 Å². The van der Waals surface area contributed by atoms with E-state index in [1.807, 2.05) is 19.9 Å². The van der Waals surface area contributed by atoms with Gasteiger partial charge in [0.05, 0.1) is 22.6 Å². The van der Waals surface area contributed by atoms with Gasteiger partial charge in [0, 0.05) is 6.04 Å². The number of rotatable bonds is 8. The van der Waals surface area contributed by atoms with Crippen LogP contribution in [-0.2, 0) is 14.6 Å². The quantitative estimate of drug-likeness (QED) is 0.655. The van der Waals surface area contributed by atoms with Gasteiger partial charge in [-0.1, -0.05) is 32.1 Å². The highest BCUT2D eigenvalue weighted by atomic mass is 32.2. The number of nitrogens with one attached hydrogen (secondary N) is 1. The van der Waals surface area contributed by atoms with Crippen molar-refractivity contribution in [2.45, 2.75) is 57.9 Å². The largest absolute Gasteiger partial charge is 0.444 e. The molecule has 0 aliphatic rings. The van der Waals surface area contributed by atoms with Crippen molar-refractivity contribution in [3.8, 4) is 6.07 Å². The van der Waals surface area contributed by atoms with E-state index in [1.165, 1.54) is 0 Å². The Bertz CT molecular complexity index is 815. The predicted molar refractivity (Wildman–Crippen MR) is 110 cm³/mol. The Labute approximate surface area is 168 Å². The molecule has 0 radical (unpaired) electrons. The van der Waals surface area contributed by atoms with E-state index >= 15 is 0 Å². The average Bonchev–Trinajstić information content (AvgIpc) is 2.57. The number of hydrogen-bond acceptors (Lipinski definition) is 5. The molecule has 2 atom stereocenters. The lowest BCUT2D eigenvalue weighted by Crippen LogP contribution is -2.46. The minimum absolute atomic E-state index is 0.104. The average molecular weight is 407 g/mol. The molecule has 0 saturated carbocycles. The fourth-order valence-electron chi connectivity index (χ4n) is 2.64. The maximum absolute atomic E-state index is 13.2. The van der Waals surface area contributed by atoms with E-state index in [9.17, 15) is 13.2 Å². The number of carbonyl (C=O) groups excluding carboxylic acids is 1. The summed E-state index contributed by atoms with van der Waals surface area (Å²) in [7, 11) is -3.62. The second-order valence-corrected chi connectivity index (χ2v) is 10.3. The van der Waals surface area contributed by atoms with Gasteiger partial charge in [0.15, 0.2) is 9.84 Å². The standard InChI is InChI=1S/C21H30N2O4S/c1-7-8-19(17-11-9-16(13-22)10-12-17)28(25,26)14-18(15(2)3)23-20(24)27-21(4,5)6/h7,9-12,15,18-19H,1,8,14H2,2-6H3,(H,23,24). The molecular weight excluding hydrogens is 376 g/mol. The second kappa shape index (κ2) is 9.74. The van der Waals surface area contributed by atoms with Crippen LogP contribution in [0.15, 0.2) is 36.9 Å². The number of amides is 1. The fraction of sp³-hybridized carbons (Fsp3) is 0.524. The number of ether oxygens (including phenoxy) is 1. The number of nitriles is 1. The van der Waals surface area contributed by atoms with Crippen LogP contribution in [-0.4, -0.2) is 31.9 Å². The molecule has 1 rings (SSSR count). The molecule has 1 aromatic carbocycles. The minimum Gasteiger partial charge on any atom is -0.444 e. The summed E-state index contributed by atoms with van der Waals surface area (Å²) in [6.45, 7) is 12.6. The molecule has 0 aromatic heterocycles. The van der Waals surface area contributed by atoms with Crippen LogP contribution in [0.4, 0.5) is 4.79 Å². The van der Waals surface area contributed by atoms with E-state index in [0.717, 1.165) is 0 Å². The molecule has 28 heavy (non-hydrogen) atoms. The second-order valence-electron chi connectivity index (χ2n) is 8.07. The van der Waals surface area contributed by atoms with Gasteiger partial charge in [0.25, 0.3) is 0 Å². The molecule has 0 fully saturated rings. The number of benzene rings is 1. The van der Waals surface area contributed by atoms with E-state index in [4.69, 9.17) is 10.00 Å². The zero-order valence-corrected chi connectivity index (χ0v) is 18.0. The van der Waals surface area contributed by atoms with Crippen LogP contribution >= 0.6 is 0 Å². The van der Waals surface area contributed by atoms with Crippen LogP contribution in [0, 0.1) is 17.2 Å². The zero-order chi connectivity index (χ0) is 21.5. The van der Waals surface area contributed by atoms with Gasteiger partial charge in [0.2, 0.25) is 0 Å². The molecule has 2 unspecified atom stereocenters. The van der Waals surface area contributed by atoms with Crippen molar-refractivity contribution in [3.05, 3.63) is 48.0 Å². The lowest BCUT2D eigenvalue weighted by molar-refractivity contribution is 0.0497. The van der Waals surface area contributed by atoms with Crippen molar-refractivity contribution in [1.29, 1.82) is 5.26 Å². The third-order valence-corrected chi connectivity index (χ3v) is 6.30. The Morgan fingerprint density at radius 2 is 1.86 bits per heavy atom. The van der Waals surface area contributed by atoms with Crippen LogP contribution in [0.25, 0.3) is 0 Å². The van der Waals surface area contributed by atoms with Crippen molar-refractivity contribution < 1.29 is 17.9 Å². The SMILES string of the molecule is C=CCC(c1ccc(C#N)cc1)S(=O)(=O)CC(NC(=O)OC(C)(C)C)C(C)C. The normalized spacial score (nSPS) is 14.0. The summed E-state index contributed by atoms with van der Waals surface area (Å²) in [5.74, 6) is -0.324. The number of sulfone groups is 1. The molecule has 1 aromatic rings. The maximum atomic E-state index is 13.2. The molecule has 0 heterocycles. The fourth-order valence-corrected chi connectivity index (χ4v) is 4.84. The van der Waals surface area contributed by atoms with Crippen LogP contribution in [0.1, 0.15) is 57.4 Å². The first-order valence-electron chi connectivity index (χ1n) is 9.21. The summed E-state index contributed by atoms with van der Waals surface area (Å²) in [5, 5.41) is 10.8. The van der Waals surface area contributed by atoms with Crippen molar-refractivity contribution in [2.24, 2.45) is 5.92 Å². The van der Waals surface area contributed by atoms with Gasteiger partial charge in [-0.15, -0.1) is 6.58 Å². The van der Waals surface area contributed by atoms with Crippen LogP contribution in [0.5, 0.6) is 0 Å². The van der Waals surface area contributed by atoms with Crippen LogP contribution in [0.3, 0.4) is 0 Å². The number of carbonyl (C=O) groups is 1. The van der Waals surface area contributed by atoms with Crippen molar-refractivity contribution in [3.63, 3.8) is 0 Å². The highest BCUT2D eigenvalue weighted by Gasteiger charge is 2.32. The highest BCUT2D eigenvalue weighted by Crippen LogP contribution is 2.29. The first-order chi connectivity index (χ1) is 12.9. The van der Waals surface area contributed by atoms with Gasteiger partial charge in [-0.05, 0) is 50.8 Å². The number of allylic oxidation sites excluding steroid dienone is 1. The Morgan fingerprint density at radius 1 is 1.29 bits per heavy atom. The Hall–Kier alpha value is -2.33. The first-order valence-corrected chi connectivity index (χ1v) is 10.9. The molecule has 0 saturated heterocycles. The van der Waals surface area contributed by atoms with Gasteiger partial charge < -0.3 is 10.1 Å². The van der Waals surface area contributed by atoms with Crippen molar-refractivity contribution in [1.82, 2.24) is 5.32 Å². The number of nitrogens with zero attached hydrogens (tertiary/aromatic N) is 1. The van der Waals surface area contributed by atoms with Crippen molar-refractivity contribution >= 4 is 15.9 Å². The molecule has 154 valence electrons. The highest BCUT2D eigenvalue weighted by molar-refractivity contribution is 7.91. The number of hydrogen-bond donors (Lipinski definition) is 1. The van der Waals surface area contributed by atoms with Gasteiger partial charge in [-0.2, -0.15) is 5.26 Å². The van der Waals surface area contributed by atoms with Gasteiger partial charge in [-0.3, -0.25) is 0 Å². The lowest BCUT2D eigenvalue weighted by Gasteiger charge is -2.27. The minimum atomic E-state index is -3.62. The Balaban J connectivity index is 3.07. The summed E-state index contributed by atoms with van der Waals surface area (Å²) in [6, 6.07) is 7.92. The molecule has 0 bridgehead atoms. The first kappa shape index (κ1) is 23.7. The molecule has 0 aliphatic heterocycles. The summed E-state index contributed by atoms with van der Waals surface area (Å²) in [4.78, 5) is 12.1. The predicted octanol–water partition coefficient (Wildman–Crippen LogP) is 4.14. The molecule has 0 spiro atoms. The smallest absolute Gasteiger partial charge is 0.407 e. The third-order valence-electron chi connectivity index (χ3n) is 4.14.